The standard InChI is InChI=1S/C15H22F2N4O3/c1-23-13(22)11-9-19-15(18-7-8-24-14(16)17)21-12(11)20-10-5-3-2-4-6-10/h9-10,14H,2-8H2,1H3,(H2,18,19,20,21). The minimum Gasteiger partial charge on any atom is -0.465 e. The van der Waals surface area contributed by atoms with E-state index in [-0.39, 0.29) is 30.7 Å². The summed E-state index contributed by atoms with van der Waals surface area (Å²) < 4.78 is 32.7. The number of halogens is 2. The van der Waals surface area contributed by atoms with Gasteiger partial charge >= 0.3 is 12.6 Å². The maximum Gasteiger partial charge on any atom is 0.345 e. The third kappa shape index (κ3) is 5.55. The van der Waals surface area contributed by atoms with Crippen molar-refractivity contribution in [2.75, 3.05) is 30.9 Å². The lowest BCUT2D eigenvalue weighted by Crippen LogP contribution is -2.25. The Bertz CT molecular complexity index is 539. The molecule has 1 heterocycles. The molecule has 1 aliphatic rings. The van der Waals surface area contributed by atoms with Crippen molar-refractivity contribution in [3.63, 3.8) is 0 Å². The second-order valence-corrected chi connectivity index (χ2v) is 5.48. The van der Waals surface area contributed by atoms with E-state index in [1.807, 2.05) is 0 Å². The average Bonchev–Trinajstić information content (AvgIpc) is 2.59. The topological polar surface area (TPSA) is 85.4 Å². The van der Waals surface area contributed by atoms with Crippen molar-refractivity contribution in [3.8, 4) is 0 Å². The first-order chi connectivity index (χ1) is 11.6. The summed E-state index contributed by atoms with van der Waals surface area (Å²) >= 11 is 0. The lowest BCUT2D eigenvalue weighted by molar-refractivity contribution is -0.125. The zero-order valence-electron chi connectivity index (χ0n) is 13.6. The number of hydrogen-bond acceptors (Lipinski definition) is 7. The molecule has 0 aromatic carbocycles. The predicted molar refractivity (Wildman–Crippen MR) is 84.3 cm³/mol. The van der Waals surface area contributed by atoms with Crippen molar-refractivity contribution in [1.82, 2.24) is 9.97 Å². The van der Waals surface area contributed by atoms with Gasteiger partial charge in [0.05, 0.1) is 13.7 Å². The van der Waals surface area contributed by atoms with Crippen LogP contribution in [0.4, 0.5) is 20.5 Å². The van der Waals surface area contributed by atoms with Gasteiger partial charge in [-0.3, -0.25) is 0 Å². The molecule has 1 aromatic rings. The molecule has 0 spiro atoms. The molecule has 0 radical (unpaired) electrons. The third-order valence-corrected chi connectivity index (χ3v) is 3.77. The summed E-state index contributed by atoms with van der Waals surface area (Å²) in [6.45, 7) is -2.85. The molecule has 2 N–H and O–H groups in total. The Morgan fingerprint density at radius 3 is 2.79 bits per heavy atom. The number of anilines is 2. The van der Waals surface area contributed by atoms with Crippen molar-refractivity contribution >= 4 is 17.7 Å². The summed E-state index contributed by atoms with van der Waals surface area (Å²) in [6.07, 6.45) is 6.85. The molecule has 9 heteroatoms. The van der Waals surface area contributed by atoms with Crippen LogP contribution in [0.5, 0.6) is 0 Å². The Labute approximate surface area is 139 Å². The number of methoxy groups -OCH3 is 1. The highest BCUT2D eigenvalue weighted by Gasteiger charge is 2.20. The zero-order chi connectivity index (χ0) is 17.4. The number of esters is 1. The molecule has 1 saturated carbocycles. The molecular weight excluding hydrogens is 322 g/mol. The smallest absolute Gasteiger partial charge is 0.345 e. The third-order valence-electron chi connectivity index (χ3n) is 3.77. The first kappa shape index (κ1) is 18.3. The SMILES string of the molecule is COC(=O)c1cnc(NCCOC(F)F)nc1NC1CCCCC1. The van der Waals surface area contributed by atoms with Gasteiger partial charge in [0.15, 0.2) is 0 Å². The highest BCUT2D eigenvalue weighted by molar-refractivity contribution is 5.94. The zero-order valence-corrected chi connectivity index (χ0v) is 13.6. The summed E-state index contributed by atoms with van der Waals surface area (Å²) in [6, 6.07) is 0.243. The quantitative estimate of drug-likeness (QED) is 0.554. The first-order valence-electron chi connectivity index (χ1n) is 7.95. The Morgan fingerprint density at radius 2 is 2.12 bits per heavy atom. The molecule has 1 aliphatic carbocycles. The van der Waals surface area contributed by atoms with E-state index in [9.17, 15) is 13.6 Å². The number of hydrogen-bond donors (Lipinski definition) is 2. The van der Waals surface area contributed by atoms with E-state index < -0.39 is 12.6 Å². The fourth-order valence-electron chi connectivity index (χ4n) is 2.59. The van der Waals surface area contributed by atoms with E-state index in [4.69, 9.17) is 4.74 Å². The van der Waals surface area contributed by atoms with Crippen LogP contribution in [0.1, 0.15) is 42.5 Å². The minimum absolute atomic E-state index is 0.130. The van der Waals surface area contributed by atoms with Crippen LogP contribution in [0, 0.1) is 0 Å². The van der Waals surface area contributed by atoms with Crippen molar-refractivity contribution in [3.05, 3.63) is 11.8 Å². The number of rotatable bonds is 8. The molecule has 0 saturated heterocycles. The van der Waals surface area contributed by atoms with Crippen LogP contribution in [0.2, 0.25) is 0 Å². The van der Waals surface area contributed by atoms with Gasteiger partial charge in [0, 0.05) is 18.8 Å². The molecule has 0 aliphatic heterocycles. The number of nitrogens with one attached hydrogen (secondary N) is 2. The normalized spacial score (nSPS) is 15.3. The molecule has 0 atom stereocenters. The van der Waals surface area contributed by atoms with Gasteiger partial charge in [0.2, 0.25) is 5.95 Å². The van der Waals surface area contributed by atoms with Gasteiger partial charge in [-0.05, 0) is 12.8 Å². The van der Waals surface area contributed by atoms with Crippen LogP contribution in [-0.4, -0.2) is 48.9 Å². The van der Waals surface area contributed by atoms with E-state index in [0.717, 1.165) is 25.7 Å². The van der Waals surface area contributed by atoms with Crippen molar-refractivity contribution in [2.24, 2.45) is 0 Å². The molecule has 2 rings (SSSR count). The molecule has 0 bridgehead atoms. The number of aromatic nitrogens is 2. The Morgan fingerprint density at radius 1 is 1.38 bits per heavy atom. The van der Waals surface area contributed by atoms with Gasteiger partial charge in [-0.15, -0.1) is 0 Å². The summed E-state index contributed by atoms with van der Waals surface area (Å²) in [5.41, 5.74) is 0.248. The fourth-order valence-corrected chi connectivity index (χ4v) is 2.59. The monoisotopic (exact) mass is 344 g/mol. The van der Waals surface area contributed by atoms with Crippen LogP contribution >= 0.6 is 0 Å². The highest BCUT2D eigenvalue weighted by Crippen LogP contribution is 2.23. The highest BCUT2D eigenvalue weighted by atomic mass is 19.3. The summed E-state index contributed by atoms with van der Waals surface area (Å²) in [4.78, 5) is 20.1. The molecule has 1 aromatic heterocycles. The van der Waals surface area contributed by atoms with Crippen LogP contribution in [0.3, 0.4) is 0 Å². The Kier molecular flexibility index (Phi) is 7.10. The second kappa shape index (κ2) is 9.31. The molecule has 0 amide bonds. The Balaban J connectivity index is 2.04. The van der Waals surface area contributed by atoms with Gasteiger partial charge in [-0.2, -0.15) is 13.8 Å². The van der Waals surface area contributed by atoms with Crippen molar-refractivity contribution < 1.29 is 23.0 Å². The van der Waals surface area contributed by atoms with Crippen LogP contribution < -0.4 is 10.6 Å². The van der Waals surface area contributed by atoms with Gasteiger partial charge in [0.25, 0.3) is 0 Å². The first-order valence-corrected chi connectivity index (χ1v) is 7.95. The minimum atomic E-state index is -2.81. The van der Waals surface area contributed by atoms with Gasteiger partial charge in [-0.25, -0.2) is 9.78 Å². The number of carbonyl (C=O) groups is 1. The van der Waals surface area contributed by atoms with E-state index in [1.165, 1.54) is 19.7 Å². The summed E-state index contributed by atoms with van der Waals surface area (Å²) in [5, 5.41) is 6.06. The van der Waals surface area contributed by atoms with Gasteiger partial charge in [-0.1, -0.05) is 19.3 Å². The van der Waals surface area contributed by atoms with Crippen molar-refractivity contribution in [2.45, 2.75) is 44.8 Å². The number of carbonyl (C=O) groups excluding carboxylic acids is 1. The van der Waals surface area contributed by atoms with Crippen LogP contribution in [-0.2, 0) is 9.47 Å². The molecule has 24 heavy (non-hydrogen) atoms. The van der Waals surface area contributed by atoms with E-state index in [0.29, 0.717) is 5.82 Å². The van der Waals surface area contributed by atoms with E-state index in [2.05, 4.69) is 25.3 Å². The van der Waals surface area contributed by atoms with Crippen molar-refractivity contribution in [1.29, 1.82) is 0 Å². The van der Waals surface area contributed by atoms with E-state index in [1.54, 1.807) is 0 Å². The Hall–Kier alpha value is -2.03. The van der Waals surface area contributed by atoms with Crippen LogP contribution in [0.25, 0.3) is 0 Å². The maximum absolute atomic E-state index is 11.9. The molecular formula is C15H22F2N4O3. The summed E-state index contributed by atoms with van der Waals surface area (Å²) in [5.74, 6) is 0.0979. The second-order valence-electron chi connectivity index (χ2n) is 5.48. The fraction of sp³-hybridized carbons (Fsp3) is 0.667. The molecule has 134 valence electrons. The molecule has 1 fully saturated rings. The van der Waals surface area contributed by atoms with Gasteiger partial charge in [0.1, 0.15) is 11.4 Å². The lowest BCUT2D eigenvalue weighted by Gasteiger charge is -2.24. The van der Waals surface area contributed by atoms with E-state index >= 15 is 0 Å². The largest absolute Gasteiger partial charge is 0.465 e. The predicted octanol–water partition coefficient (Wildman–Crippen LogP) is 2.66. The van der Waals surface area contributed by atoms with Gasteiger partial charge < -0.3 is 20.1 Å². The molecule has 0 unspecified atom stereocenters. The number of ether oxygens (including phenoxy) is 2. The number of nitrogens with zero attached hydrogens (tertiary/aromatic N) is 2. The lowest BCUT2D eigenvalue weighted by atomic mass is 9.95. The van der Waals surface area contributed by atoms with Crippen LogP contribution in [0.15, 0.2) is 6.20 Å². The maximum atomic E-state index is 11.9. The molecule has 7 nitrogen and oxygen atoms in total. The number of alkyl halides is 2. The average molecular weight is 344 g/mol. The summed E-state index contributed by atoms with van der Waals surface area (Å²) in [7, 11) is 1.29.